The molecule has 1 aromatic heterocycles. The molecule has 0 aliphatic rings. The summed E-state index contributed by atoms with van der Waals surface area (Å²) in [5, 5.41) is 7.28. The van der Waals surface area contributed by atoms with E-state index in [-0.39, 0.29) is 0 Å². The van der Waals surface area contributed by atoms with Gasteiger partial charge in [-0.25, -0.2) is 4.98 Å². The molecule has 2 N–H and O–H groups in total. The van der Waals surface area contributed by atoms with Gasteiger partial charge in [0.1, 0.15) is 5.82 Å². The molecule has 4 nitrogen and oxygen atoms in total. The van der Waals surface area contributed by atoms with Gasteiger partial charge >= 0.3 is 0 Å². The van der Waals surface area contributed by atoms with Crippen LogP contribution in [0.1, 0.15) is 11.1 Å². The predicted molar refractivity (Wildman–Crippen MR) is 100 cm³/mol. The van der Waals surface area contributed by atoms with Gasteiger partial charge in [-0.2, -0.15) is 4.98 Å². The van der Waals surface area contributed by atoms with Crippen molar-refractivity contribution in [2.24, 2.45) is 0 Å². The molecule has 0 unspecified atom stereocenters. The highest BCUT2D eigenvalue weighted by Crippen LogP contribution is 2.22. The highest BCUT2D eigenvalue weighted by Gasteiger charge is 2.03. The molecular weight excluding hydrogens is 320 g/mol. The Bertz CT molecular complexity index is 805. The topological polar surface area (TPSA) is 49.8 Å². The minimum absolute atomic E-state index is 0.560. The highest BCUT2D eigenvalue weighted by molar-refractivity contribution is 6.30. The summed E-state index contributed by atoms with van der Waals surface area (Å²) in [4.78, 5) is 8.77. The maximum absolute atomic E-state index is 5.98. The molecule has 3 rings (SSSR count). The van der Waals surface area contributed by atoms with Crippen LogP contribution < -0.4 is 10.6 Å². The van der Waals surface area contributed by atoms with Crippen molar-refractivity contribution in [2.45, 2.75) is 13.3 Å². The summed E-state index contributed by atoms with van der Waals surface area (Å²) >= 11 is 5.98. The fraction of sp³-hybridized carbons (Fsp3) is 0.158. The number of hydrogen-bond donors (Lipinski definition) is 2. The summed E-state index contributed by atoms with van der Waals surface area (Å²) in [6.45, 7) is 2.82. The predicted octanol–water partition coefficient (Wildman–Crippen LogP) is 4.84. The molecule has 5 heteroatoms. The van der Waals surface area contributed by atoms with Gasteiger partial charge in [-0.15, -0.1) is 0 Å². The largest absolute Gasteiger partial charge is 0.370 e. The Kier molecular flexibility index (Phi) is 5.29. The third-order valence-electron chi connectivity index (χ3n) is 3.65. The minimum atomic E-state index is 0.560. The number of benzene rings is 2. The molecule has 122 valence electrons. The number of anilines is 3. The van der Waals surface area contributed by atoms with Crippen LogP contribution in [-0.4, -0.2) is 16.5 Å². The quantitative estimate of drug-likeness (QED) is 0.675. The zero-order chi connectivity index (χ0) is 16.8. The number of rotatable bonds is 6. The van der Waals surface area contributed by atoms with Crippen LogP contribution in [0.15, 0.2) is 60.8 Å². The lowest BCUT2D eigenvalue weighted by Crippen LogP contribution is -2.08. The molecule has 0 aliphatic heterocycles. The van der Waals surface area contributed by atoms with Crippen molar-refractivity contribution in [1.29, 1.82) is 0 Å². The van der Waals surface area contributed by atoms with Crippen LogP contribution in [0.4, 0.5) is 17.5 Å². The summed E-state index contributed by atoms with van der Waals surface area (Å²) < 4.78 is 0. The summed E-state index contributed by atoms with van der Waals surface area (Å²) in [7, 11) is 0. The highest BCUT2D eigenvalue weighted by atomic mass is 35.5. The maximum Gasteiger partial charge on any atom is 0.229 e. The van der Waals surface area contributed by atoms with Crippen LogP contribution in [-0.2, 0) is 6.42 Å². The van der Waals surface area contributed by atoms with E-state index in [2.05, 4.69) is 44.9 Å². The summed E-state index contributed by atoms with van der Waals surface area (Å²) in [6, 6.07) is 17.9. The standard InChI is InChI=1S/C19H19ClN4/c1-14-13-16(20)7-8-17(14)23-19-22-12-10-18(24-19)21-11-9-15-5-3-2-4-6-15/h2-8,10,12-13H,9,11H2,1H3,(H2,21,22,23,24). The van der Waals surface area contributed by atoms with E-state index in [1.165, 1.54) is 5.56 Å². The number of hydrogen-bond acceptors (Lipinski definition) is 4. The summed E-state index contributed by atoms with van der Waals surface area (Å²) in [5.41, 5.74) is 3.29. The summed E-state index contributed by atoms with van der Waals surface area (Å²) in [5.74, 6) is 1.36. The zero-order valence-electron chi connectivity index (χ0n) is 13.5. The molecule has 0 aliphatic carbocycles. The van der Waals surface area contributed by atoms with E-state index in [1.54, 1.807) is 6.20 Å². The molecular formula is C19H19ClN4. The third kappa shape index (κ3) is 4.46. The lowest BCUT2D eigenvalue weighted by atomic mass is 10.1. The maximum atomic E-state index is 5.98. The summed E-state index contributed by atoms with van der Waals surface area (Å²) in [6.07, 6.45) is 2.69. The van der Waals surface area contributed by atoms with Crippen LogP contribution in [0.5, 0.6) is 0 Å². The lowest BCUT2D eigenvalue weighted by molar-refractivity contribution is 1.00. The van der Waals surface area contributed by atoms with Crippen molar-refractivity contribution < 1.29 is 0 Å². The van der Waals surface area contributed by atoms with Crippen LogP contribution in [0.25, 0.3) is 0 Å². The second-order valence-electron chi connectivity index (χ2n) is 5.51. The van der Waals surface area contributed by atoms with Gasteiger partial charge in [-0.3, -0.25) is 0 Å². The number of halogens is 1. The van der Waals surface area contributed by atoms with Crippen molar-refractivity contribution >= 4 is 29.1 Å². The molecule has 0 radical (unpaired) electrons. The van der Waals surface area contributed by atoms with Gasteiger partial charge in [-0.1, -0.05) is 41.9 Å². The molecule has 0 fully saturated rings. The fourth-order valence-electron chi connectivity index (χ4n) is 2.38. The number of nitrogens with zero attached hydrogens (tertiary/aromatic N) is 2. The second kappa shape index (κ2) is 7.79. The monoisotopic (exact) mass is 338 g/mol. The molecule has 24 heavy (non-hydrogen) atoms. The number of nitrogens with one attached hydrogen (secondary N) is 2. The van der Waals surface area contributed by atoms with Crippen molar-refractivity contribution in [2.75, 3.05) is 17.2 Å². The molecule has 0 saturated carbocycles. The van der Waals surface area contributed by atoms with E-state index in [0.717, 1.165) is 35.1 Å². The van der Waals surface area contributed by atoms with E-state index in [0.29, 0.717) is 5.95 Å². The molecule has 0 amide bonds. The SMILES string of the molecule is Cc1cc(Cl)ccc1Nc1nccc(NCCc2ccccc2)n1. The smallest absolute Gasteiger partial charge is 0.229 e. The van der Waals surface area contributed by atoms with Crippen LogP contribution >= 0.6 is 11.6 Å². The first-order chi connectivity index (χ1) is 11.7. The Morgan fingerprint density at radius 3 is 2.67 bits per heavy atom. The Balaban J connectivity index is 1.61. The number of aryl methyl sites for hydroxylation is 1. The average molecular weight is 339 g/mol. The van der Waals surface area contributed by atoms with Gasteiger partial charge in [0.15, 0.2) is 0 Å². The molecule has 0 bridgehead atoms. The van der Waals surface area contributed by atoms with Crippen molar-refractivity contribution in [3.8, 4) is 0 Å². The van der Waals surface area contributed by atoms with E-state index in [9.17, 15) is 0 Å². The second-order valence-corrected chi connectivity index (χ2v) is 5.95. The van der Waals surface area contributed by atoms with E-state index >= 15 is 0 Å². The Labute approximate surface area is 146 Å². The van der Waals surface area contributed by atoms with Crippen LogP contribution in [0, 0.1) is 6.92 Å². The lowest BCUT2D eigenvalue weighted by Gasteiger charge is -2.10. The molecule has 0 atom stereocenters. The first-order valence-corrected chi connectivity index (χ1v) is 8.22. The average Bonchev–Trinajstić information content (AvgIpc) is 2.59. The van der Waals surface area contributed by atoms with E-state index in [4.69, 9.17) is 11.6 Å². The molecule has 1 heterocycles. The van der Waals surface area contributed by atoms with Crippen LogP contribution in [0.3, 0.4) is 0 Å². The fourth-order valence-corrected chi connectivity index (χ4v) is 2.61. The first-order valence-electron chi connectivity index (χ1n) is 7.85. The number of aromatic nitrogens is 2. The molecule has 0 saturated heterocycles. The molecule has 3 aromatic rings. The van der Waals surface area contributed by atoms with Crippen LogP contribution in [0.2, 0.25) is 5.02 Å². The van der Waals surface area contributed by atoms with E-state index in [1.807, 2.05) is 37.3 Å². The van der Waals surface area contributed by atoms with Gasteiger partial charge in [0.05, 0.1) is 0 Å². The van der Waals surface area contributed by atoms with Crippen molar-refractivity contribution in [3.63, 3.8) is 0 Å². The van der Waals surface area contributed by atoms with Crippen molar-refractivity contribution in [3.05, 3.63) is 76.9 Å². The Morgan fingerprint density at radius 1 is 1.04 bits per heavy atom. The zero-order valence-corrected chi connectivity index (χ0v) is 14.2. The van der Waals surface area contributed by atoms with Gasteiger partial charge < -0.3 is 10.6 Å². The third-order valence-corrected chi connectivity index (χ3v) is 3.89. The van der Waals surface area contributed by atoms with Gasteiger partial charge in [0, 0.05) is 23.5 Å². The minimum Gasteiger partial charge on any atom is -0.370 e. The normalized spacial score (nSPS) is 10.4. The van der Waals surface area contributed by atoms with Crippen molar-refractivity contribution in [1.82, 2.24) is 9.97 Å². The van der Waals surface area contributed by atoms with Gasteiger partial charge in [0.2, 0.25) is 5.95 Å². The van der Waals surface area contributed by atoms with Gasteiger partial charge in [-0.05, 0) is 48.7 Å². The first kappa shape index (κ1) is 16.3. The Morgan fingerprint density at radius 2 is 1.88 bits per heavy atom. The van der Waals surface area contributed by atoms with E-state index < -0.39 is 0 Å². The Hall–Kier alpha value is -2.59. The van der Waals surface area contributed by atoms with Gasteiger partial charge in [0.25, 0.3) is 0 Å². The molecule has 2 aromatic carbocycles. The molecule has 0 spiro atoms.